The lowest BCUT2D eigenvalue weighted by Crippen LogP contribution is -2.16. The third kappa shape index (κ3) is 3.91. The molecule has 96 valence electrons. The zero-order chi connectivity index (χ0) is 12.6. The summed E-state index contributed by atoms with van der Waals surface area (Å²) in [5.74, 6) is 0. The number of nitrogens with zero attached hydrogens (tertiary/aromatic N) is 1. The molecular weight excluding hydrogens is 242 g/mol. The molecule has 0 unspecified atom stereocenters. The maximum atomic E-state index is 4.27. The normalized spacial score (nSPS) is 10.7. The van der Waals surface area contributed by atoms with Gasteiger partial charge in [0.05, 0.1) is 0 Å². The minimum Gasteiger partial charge on any atom is -0.319 e. The minimum absolute atomic E-state index is 0.845. The molecule has 18 heavy (non-hydrogen) atoms. The average molecular weight is 261 g/mol. The van der Waals surface area contributed by atoms with E-state index < -0.39 is 0 Å². The molecule has 2 aromatic rings. The smallest absolute Gasteiger partial charge is 0.106 e. The van der Waals surface area contributed by atoms with Gasteiger partial charge in [0.1, 0.15) is 5.01 Å². The van der Waals surface area contributed by atoms with E-state index in [4.69, 9.17) is 0 Å². The molecule has 2 N–H and O–H groups in total. The van der Waals surface area contributed by atoms with Gasteiger partial charge >= 0.3 is 0 Å². The Morgan fingerprint density at radius 3 is 2.72 bits per heavy atom. The van der Waals surface area contributed by atoms with Crippen LogP contribution in [0.3, 0.4) is 0 Å². The van der Waals surface area contributed by atoms with Gasteiger partial charge in [0, 0.05) is 24.7 Å². The molecule has 1 aromatic carbocycles. The topological polar surface area (TPSA) is 37.0 Å². The van der Waals surface area contributed by atoms with E-state index in [1.807, 2.05) is 18.6 Å². The van der Waals surface area contributed by atoms with Gasteiger partial charge in [0.15, 0.2) is 0 Å². The van der Waals surface area contributed by atoms with Crippen LogP contribution < -0.4 is 10.6 Å². The summed E-state index contributed by atoms with van der Waals surface area (Å²) in [4.78, 5) is 4.27. The average Bonchev–Trinajstić information content (AvgIpc) is 2.91. The summed E-state index contributed by atoms with van der Waals surface area (Å²) in [6.07, 6.45) is 2.92. The molecule has 1 heterocycles. The van der Waals surface area contributed by atoms with E-state index in [1.54, 1.807) is 11.3 Å². The van der Waals surface area contributed by atoms with Crippen molar-refractivity contribution < 1.29 is 0 Å². The van der Waals surface area contributed by atoms with Crippen molar-refractivity contribution in [3.05, 3.63) is 52.0 Å². The fraction of sp³-hybridized carbons (Fsp3) is 0.357. The van der Waals surface area contributed by atoms with Crippen LogP contribution in [0.2, 0.25) is 0 Å². The second-order valence-corrected chi connectivity index (χ2v) is 5.13. The molecule has 3 nitrogen and oxygen atoms in total. The molecule has 0 radical (unpaired) electrons. The molecule has 4 heteroatoms. The number of hydrogen-bond donors (Lipinski definition) is 2. The Morgan fingerprint density at radius 2 is 2.00 bits per heavy atom. The number of hydrogen-bond acceptors (Lipinski definition) is 4. The minimum atomic E-state index is 0.845. The quantitative estimate of drug-likeness (QED) is 0.802. The largest absolute Gasteiger partial charge is 0.319 e. The van der Waals surface area contributed by atoms with Crippen molar-refractivity contribution in [3.8, 4) is 0 Å². The highest BCUT2D eigenvalue weighted by molar-refractivity contribution is 7.09. The van der Waals surface area contributed by atoms with Gasteiger partial charge in [-0.15, -0.1) is 11.3 Å². The van der Waals surface area contributed by atoms with Crippen LogP contribution in [0, 0.1) is 0 Å². The lowest BCUT2D eigenvalue weighted by atomic mass is 10.0. The molecule has 0 saturated carbocycles. The lowest BCUT2D eigenvalue weighted by molar-refractivity contribution is 0.680. The Kier molecular flexibility index (Phi) is 5.33. The maximum absolute atomic E-state index is 4.27. The molecule has 0 spiro atoms. The van der Waals surface area contributed by atoms with Crippen molar-refractivity contribution in [3.63, 3.8) is 0 Å². The summed E-state index contributed by atoms with van der Waals surface area (Å²) < 4.78 is 0. The van der Waals surface area contributed by atoms with Crippen LogP contribution in [-0.2, 0) is 19.5 Å². The number of benzene rings is 1. The van der Waals surface area contributed by atoms with Crippen molar-refractivity contribution >= 4 is 11.3 Å². The molecule has 0 bridgehead atoms. The Labute approximate surface area is 112 Å². The third-order valence-corrected chi connectivity index (χ3v) is 3.62. The van der Waals surface area contributed by atoms with E-state index in [1.165, 1.54) is 11.1 Å². The van der Waals surface area contributed by atoms with E-state index >= 15 is 0 Å². The number of aromatic nitrogens is 1. The number of thiazole rings is 1. The Balaban J connectivity index is 1.87. The standard InChI is InChI=1S/C14H19N3S/c1-15-7-6-12-4-2-3-5-13(12)10-16-11-14-17-8-9-18-14/h2-5,8-9,15-16H,6-7,10-11H2,1H3. The monoisotopic (exact) mass is 261 g/mol. The molecule has 0 amide bonds. The van der Waals surface area contributed by atoms with Crippen molar-refractivity contribution in [2.75, 3.05) is 13.6 Å². The van der Waals surface area contributed by atoms with Crippen LogP contribution in [0.15, 0.2) is 35.8 Å². The molecule has 1 aromatic heterocycles. The summed E-state index contributed by atoms with van der Waals surface area (Å²) in [6, 6.07) is 8.61. The van der Waals surface area contributed by atoms with Crippen LogP contribution in [-0.4, -0.2) is 18.6 Å². The van der Waals surface area contributed by atoms with Crippen molar-refractivity contribution in [2.24, 2.45) is 0 Å². The van der Waals surface area contributed by atoms with E-state index in [-0.39, 0.29) is 0 Å². The summed E-state index contributed by atoms with van der Waals surface area (Å²) in [5.41, 5.74) is 2.79. The summed E-state index contributed by atoms with van der Waals surface area (Å²) in [6.45, 7) is 2.76. The summed E-state index contributed by atoms with van der Waals surface area (Å²) in [7, 11) is 1.99. The Hall–Kier alpha value is -1.23. The van der Waals surface area contributed by atoms with E-state index in [9.17, 15) is 0 Å². The van der Waals surface area contributed by atoms with Crippen LogP contribution in [0.4, 0.5) is 0 Å². The van der Waals surface area contributed by atoms with E-state index in [2.05, 4.69) is 39.9 Å². The van der Waals surface area contributed by atoms with E-state index in [0.29, 0.717) is 0 Å². The van der Waals surface area contributed by atoms with Gasteiger partial charge in [-0.2, -0.15) is 0 Å². The molecule has 0 atom stereocenters. The molecule has 0 fully saturated rings. The molecule has 0 aliphatic rings. The first kappa shape index (κ1) is 13.2. The second-order valence-electron chi connectivity index (χ2n) is 4.15. The summed E-state index contributed by atoms with van der Waals surface area (Å²) in [5, 5.41) is 9.79. The first-order valence-corrected chi connectivity index (χ1v) is 7.08. The molecular formula is C14H19N3S. The maximum Gasteiger partial charge on any atom is 0.106 e. The molecule has 0 saturated heterocycles. The van der Waals surface area contributed by atoms with Crippen LogP contribution in [0.5, 0.6) is 0 Å². The predicted molar refractivity (Wildman–Crippen MR) is 76.7 cm³/mol. The van der Waals surface area contributed by atoms with Gasteiger partial charge in [-0.05, 0) is 31.1 Å². The lowest BCUT2D eigenvalue weighted by Gasteiger charge is -2.09. The van der Waals surface area contributed by atoms with Crippen LogP contribution in [0.25, 0.3) is 0 Å². The highest BCUT2D eigenvalue weighted by Gasteiger charge is 2.01. The molecule has 0 aliphatic carbocycles. The third-order valence-electron chi connectivity index (χ3n) is 2.84. The number of likely N-dealkylation sites (N-methyl/N-ethyl adjacent to an activating group) is 1. The fourth-order valence-electron chi connectivity index (χ4n) is 1.88. The highest BCUT2D eigenvalue weighted by Crippen LogP contribution is 2.10. The van der Waals surface area contributed by atoms with Gasteiger partial charge in [-0.3, -0.25) is 0 Å². The highest BCUT2D eigenvalue weighted by atomic mass is 32.1. The van der Waals surface area contributed by atoms with Gasteiger partial charge in [0.25, 0.3) is 0 Å². The summed E-state index contributed by atoms with van der Waals surface area (Å²) >= 11 is 1.69. The molecule has 0 aliphatic heterocycles. The SMILES string of the molecule is CNCCc1ccccc1CNCc1nccs1. The zero-order valence-electron chi connectivity index (χ0n) is 10.6. The predicted octanol–water partition coefficient (Wildman–Crippen LogP) is 2.19. The fourth-order valence-corrected chi connectivity index (χ4v) is 2.46. The first-order chi connectivity index (χ1) is 8.90. The Morgan fingerprint density at radius 1 is 1.17 bits per heavy atom. The van der Waals surface area contributed by atoms with Crippen LogP contribution in [0.1, 0.15) is 16.1 Å². The number of nitrogens with one attached hydrogen (secondary N) is 2. The van der Waals surface area contributed by atoms with Crippen molar-refractivity contribution in [1.29, 1.82) is 0 Å². The first-order valence-electron chi connectivity index (χ1n) is 6.20. The van der Waals surface area contributed by atoms with E-state index in [0.717, 1.165) is 31.1 Å². The van der Waals surface area contributed by atoms with Gasteiger partial charge < -0.3 is 10.6 Å². The van der Waals surface area contributed by atoms with Gasteiger partial charge in [-0.1, -0.05) is 24.3 Å². The van der Waals surface area contributed by atoms with Crippen LogP contribution >= 0.6 is 11.3 Å². The zero-order valence-corrected chi connectivity index (χ0v) is 11.5. The number of rotatable bonds is 7. The Bertz CT molecular complexity index is 454. The van der Waals surface area contributed by atoms with Gasteiger partial charge in [0.2, 0.25) is 0 Å². The second kappa shape index (κ2) is 7.26. The van der Waals surface area contributed by atoms with Gasteiger partial charge in [-0.25, -0.2) is 4.98 Å². The molecule has 2 rings (SSSR count). The van der Waals surface area contributed by atoms with Crippen molar-refractivity contribution in [2.45, 2.75) is 19.5 Å². The van der Waals surface area contributed by atoms with Crippen molar-refractivity contribution in [1.82, 2.24) is 15.6 Å².